The highest BCUT2D eigenvalue weighted by atomic mass is 79.9. The Morgan fingerprint density at radius 3 is 2.75 bits per heavy atom. The molecule has 16 heavy (non-hydrogen) atoms. The van der Waals surface area contributed by atoms with Crippen LogP contribution in [0.5, 0.6) is 5.75 Å². The Hall–Kier alpha value is -1.36. The van der Waals surface area contributed by atoms with Crippen molar-refractivity contribution in [2.24, 2.45) is 0 Å². The molecule has 1 aromatic carbocycles. The molecule has 1 atom stereocenters. The molecular weight excluding hydrogens is 276 g/mol. The number of rotatable bonds is 2. The van der Waals surface area contributed by atoms with Crippen LogP contribution >= 0.6 is 15.9 Å². The summed E-state index contributed by atoms with van der Waals surface area (Å²) in [6.07, 6.45) is 0.0802. The van der Waals surface area contributed by atoms with E-state index < -0.39 is 17.9 Å². The summed E-state index contributed by atoms with van der Waals surface area (Å²) in [4.78, 5) is 22.4. The van der Waals surface area contributed by atoms with E-state index in [1.165, 1.54) is 7.11 Å². The average Bonchev–Trinajstić information content (AvgIpc) is 2.57. The lowest BCUT2D eigenvalue weighted by Gasteiger charge is -2.11. The minimum Gasteiger partial charge on any atom is -0.496 e. The molecule has 2 rings (SSSR count). The topological polar surface area (TPSA) is 52.6 Å². The summed E-state index contributed by atoms with van der Waals surface area (Å²) in [5.74, 6) is -0.966. The zero-order valence-electron chi connectivity index (χ0n) is 8.53. The smallest absolute Gasteiger partial charge is 0.321 e. The molecule has 0 aromatic heterocycles. The van der Waals surface area contributed by atoms with E-state index in [0.717, 1.165) is 4.47 Å². The molecule has 84 valence electrons. The van der Waals surface area contributed by atoms with Crippen LogP contribution in [0.3, 0.4) is 0 Å². The number of halogens is 1. The van der Waals surface area contributed by atoms with E-state index in [1.807, 2.05) is 0 Å². The van der Waals surface area contributed by atoms with E-state index in [2.05, 4.69) is 20.7 Å². The molecule has 4 nitrogen and oxygen atoms in total. The minimum atomic E-state index is -0.546. The van der Waals surface area contributed by atoms with Crippen molar-refractivity contribution in [1.29, 1.82) is 0 Å². The Morgan fingerprint density at radius 1 is 1.44 bits per heavy atom. The van der Waals surface area contributed by atoms with Crippen molar-refractivity contribution in [1.82, 2.24) is 0 Å². The van der Waals surface area contributed by atoms with Gasteiger partial charge >= 0.3 is 11.9 Å². The number of benzene rings is 1. The van der Waals surface area contributed by atoms with Gasteiger partial charge in [0.15, 0.2) is 0 Å². The highest BCUT2D eigenvalue weighted by Gasteiger charge is 2.36. The minimum absolute atomic E-state index is 0.0802. The van der Waals surface area contributed by atoms with Crippen LogP contribution in [-0.2, 0) is 14.3 Å². The van der Waals surface area contributed by atoms with Crippen LogP contribution in [0.1, 0.15) is 17.9 Å². The molecule has 0 amide bonds. The summed E-state index contributed by atoms with van der Waals surface area (Å²) in [6.45, 7) is 0. The van der Waals surface area contributed by atoms with Gasteiger partial charge in [-0.15, -0.1) is 0 Å². The van der Waals surface area contributed by atoms with Crippen LogP contribution in [0.15, 0.2) is 22.7 Å². The Bertz CT molecular complexity index is 455. The monoisotopic (exact) mass is 284 g/mol. The zero-order valence-corrected chi connectivity index (χ0v) is 10.1. The Labute approximate surface area is 101 Å². The van der Waals surface area contributed by atoms with Crippen LogP contribution < -0.4 is 4.74 Å². The second-order valence-corrected chi connectivity index (χ2v) is 4.35. The fourth-order valence-corrected chi connectivity index (χ4v) is 2.02. The maximum atomic E-state index is 11.4. The number of ether oxygens (including phenoxy) is 2. The van der Waals surface area contributed by atoms with Crippen LogP contribution in [0.4, 0.5) is 0 Å². The highest BCUT2D eigenvalue weighted by Crippen LogP contribution is 2.35. The third-order valence-electron chi connectivity index (χ3n) is 2.44. The van der Waals surface area contributed by atoms with Crippen LogP contribution in [-0.4, -0.2) is 19.0 Å². The molecule has 1 aromatic rings. The number of esters is 2. The standard InChI is InChI=1S/C11H9BrO4/c1-15-9-4-6(12)2-3-7(9)8-5-10(13)16-11(8)14/h2-4,8H,5H2,1H3. The molecule has 5 heteroatoms. The summed E-state index contributed by atoms with van der Waals surface area (Å²) >= 11 is 3.31. The first kappa shape index (κ1) is 11.1. The van der Waals surface area contributed by atoms with Gasteiger partial charge in [0.05, 0.1) is 19.4 Å². The zero-order chi connectivity index (χ0) is 11.7. The van der Waals surface area contributed by atoms with Crippen LogP contribution in [0.25, 0.3) is 0 Å². The molecule has 1 heterocycles. The van der Waals surface area contributed by atoms with Crippen molar-refractivity contribution in [2.75, 3.05) is 7.11 Å². The number of carbonyl (C=O) groups is 2. The molecule has 1 fully saturated rings. The predicted molar refractivity (Wildman–Crippen MR) is 59.2 cm³/mol. The van der Waals surface area contributed by atoms with Crippen molar-refractivity contribution in [2.45, 2.75) is 12.3 Å². The number of methoxy groups -OCH3 is 1. The summed E-state index contributed by atoms with van der Waals surface area (Å²) < 4.78 is 10.5. The van der Waals surface area contributed by atoms with Crippen molar-refractivity contribution in [3.05, 3.63) is 28.2 Å². The van der Waals surface area contributed by atoms with Gasteiger partial charge in [-0.05, 0) is 12.1 Å². The first-order valence-corrected chi connectivity index (χ1v) is 5.49. The lowest BCUT2D eigenvalue weighted by atomic mass is 9.97. The van der Waals surface area contributed by atoms with Crippen molar-refractivity contribution in [3.8, 4) is 5.75 Å². The van der Waals surface area contributed by atoms with E-state index >= 15 is 0 Å². The SMILES string of the molecule is COc1cc(Br)ccc1C1CC(=O)OC1=O. The van der Waals surface area contributed by atoms with Gasteiger partial charge in [-0.25, -0.2) is 0 Å². The van der Waals surface area contributed by atoms with Gasteiger partial charge in [0, 0.05) is 10.0 Å². The maximum absolute atomic E-state index is 11.4. The van der Waals surface area contributed by atoms with Crippen LogP contribution in [0.2, 0.25) is 0 Å². The third-order valence-corrected chi connectivity index (χ3v) is 2.93. The number of hydrogen-bond donors (Lipinski definition) is 0. The first-order chi connectivity index (χ1) is 7.61. The van der Waals surface area contributed by atoms with Gasteiger partial charge in [0.1, 0.15) is 5.75 Å². The molecule has 1 unspecified atom stereocenters. The molecule has 1 aliphatic rings. The second kappa shape index (κ2) is 4.25. The number of hydrogen-bond acceptors (Lipinski definition) is 4. The Kier molecular flexibility index (Phi) is 2.96. The van der Waals surface area contributed by atoms with Gasteiger partial charge in [-0.3, -0.25) is 9.59 Å². The van der Waals surface area contributed by atoms with Crippen molar-refractivity contribution < 1.29 is 19.1 Å². The molecule has 0 spiro atoms. The molecule has 0 radical (unpaired) electrons. The molecular formula is C11H9BrO4. The molecule has 0 N–H and O–H groups in total. The molecule has 1 aliphatic heterocycles. The molecule has 1 saturated heterocycles. The Balaban J connectivity index is 2.40. The first-order valence-electron chi connectivity index (χ1n) is 4.70. The summed E-state index contributed by atoms with van der Waals surface area (Å²) in [6, 6.07) is 5.31. The van der Waals surface area contributed by atoms with E-state index in [4.69, 9.17) is 4.74 Å². The van der Waals surface area contributed by atoms with Gasteiger partial charge < -0.3 is 9.47 Å². The molecule has 0 saturated carbocycles. The van der Waals surface area contributed by atoms with E-state index in [1.54, 1.807) is 18.2 Å². The van der Waals surface area contributed by atoms with Gasteiger partial charge in [-0.2, -0.15) is 0 Å². The highest BCUT2D eigenvalue weighted by molar-refractivity contribution is 9.10. The summed E-state index contributed by atoms with van der Waals surface area (Å²) in [5, 5.41) is 0. The van der Waals surface area contributed by atoms with Crippen molar-refractivity contribution >= 4 is 27.9 Å². The largest absolute Gasteiger partial charge is 0.496 e. The fraction of sp³-hybridized carbons (Fsp3) is 0.273. The summed E-state index contributed by atoms with van der Waals surface area (Å²) in [5.41, 5.74) is 0.682. The van der Waals surface area contributed by atoms with Gasteiger partial charge in [0.2, 0.25) is 0 Å². The number of cyclic esters (lactones) is 2. The fourth-order valence-electron chi connectivity index (χ4n) is 1.68. The molecule has 0 bridgehead atoms. The second-order valence-electron chi connectivity index (χ2n) is 3.44. The van der Waals surface area contributed by atoms with Gasteiger partial charge in [0.25, 0.3) is 0 Å². The van der Waals surface area contributed by atoms with Crippen LogP contribution in [0, 0.1) is 0 Å². The predicted octanol–water partition coefficient (Wildman–Crippen LogP) is 2.01. The quantitative estimate of drug-likeness (QED) is 0.616. The molecule has 0 aliphatic carbocycles. The Morgan fingerprint density at radius 2 is 2.19 bits per heavy atom. The van der Waals surface area contributed by atoms with E-state index in [-0.39, 0.29) is 6.42 Å². The van der Waals surface area contributed by atoms with E-state index in [9.17, 15) is 9.59 Å². The normalized spacial score (nSPS) is 19.8. The van der Waals surface area contributed by atoms with Crippen molar-refractivity contribution in [3.63, 3.8) is 0 Å². The average molecular weight is 285 g/mol. The lowest BCUT2D eigenvalue weighted by molar-refractivity contribution is -0.152. The number of carbonyl (C=O) groups excluding carboxylic acids is 2. The van der Waals surface area contributed by atoms with E-state index in [0.29, 0.717) is 11.3 Å². The van der Waals surface area contributed by atoms with Gasteiger partial charge in [-0.1, -0.05) is 22.0 Å². The third kappa shape index (κ3) is 1.95. The maximum Gasteiger partial charge on any atom is 0.321 e. The lowest BCUT2D eigenvalue weighted by Crippen LogP contribution is -2.07. The summed E-state index contributed by atoms with van der Waals surface area (Å²) in [7, 11) is 1.52.